The van der Waals surface area contributed by atoms with Crippen molar-refractivity contribution in [1.29, 1.82) is 0 Å². The number of morpholine rings is 1. The minimum Gasteiger partial charge on any atom is -0.379 e. The number of carbonyl (C=O) groups is 2. The average molecular weight is 501 g/mol. The molecule has 37 heavy (non-hydrogen) atoms. The molecule has 1 saturated heterocycles. The van der Waals surface area contributed by atoms with Gasteiger partial charge in [-0.05, 0) is 42.0 Å². The fraction of sp³-hybridized carbons (Fsp3) is 0.241. The Morgan fingerprint density at radius 2 is 1.65 bits per heavy atom. The second-order valence-corrected chi connectivity index (χ2v) is 9.02. The molecular weight excluding hydrogens is 471 g/mol. The van der Waals surface area contributed by atoms with E-state index in [1.165, 1.54) is 12.1 Å². The lowest BCUT2D eigenvalue weighted by Crippen LogP contribution is -2.41. The number of benzene rings is 3. The summed E-state index contributed by atoms with van der Waals surface area (Å²) in [5.41, 5.74) is 2.98. The minimum atomic E-state index is -0.578. The molecule has 7 nitrogen and oxygen atoms in total. The van der Waals surface area contributed by atoms with Gasteiger partial charge < -0.3 is 19.9 Å². The van der Waals surface area contributed by atoms with Gasteiger partial charge in [-0.3, -0.25) is 14.5 Å². The van der Waals surface area contributed by atoms with Gasteiger partial charge in [0.15, 0.2) is 0 Å². The van der Waals surface area contributed by atoms with Gasteiger partial charge in [0.2, 0.25) is 0 Å². The van der Waals surface area contributed by atoms with Crippen molar-refractivity contribution < 1.29 is 18.7 Å². The Hall–Kier alpha value is -4.01. The van der Waals surface area contributed by atoms with Gasteiger partial charge in [-0.25, -0.2) is 4.39 Å². The molecule has 1 aliphatic rings. The molecule has 0 spiro atoms. The number of halogens is 1. The molecule has 2 heterocycles. The van der Waals surface area contributed by atoms with Crippen LogP contribution in [0.5, 0.6) is 0 Å². The first kappa shape index (κ1) is 24.7. The fourth-order valence-corrected chi connectivity index (χ4v) is 4.56. The highest BCUT2D eigenvalue weighted by molar-refractivity contribution is 6.06. The first-order valence-electron chi connectivity index (χ1n) is 12.4. The van der Waals surface area contributed by atoms with Crippen molar-refractivity contribution >= 4 is 28.4 Å². The summed E-state index contributed by atoms with van der Waals surface area (Å²) < 4.78 is 21.4. The Balaban J connectivity index is 1.39. The van der Waals surface area contributed by atoms with E-state index in [0.29, 0.717) is 24.5 Å². The molecule has 190 valence electrons. The van der Waals surface area contributed by atoms with Crippen LogP contribution in [-0.4, -0.2) is 60.7 Å². The normalized spacial score (nSPS) is 14.0. The molecule has 2 N–H and O–H groups in total. The van der Waals surface area contributed by atoms with E-state index >= 15 is 0 Å². The molecule has 0 aliphatic carbocycles. The lowest BCUT2D eigenvalue weighted by atomic mass is 10.2. The maximum atomic E-state index is 14.1. The number of hydrogen-bond acceptors (Lipinski definition) is 4. The molecule has 4 aromatic rings. The average Bonchev–Trinajstić information content (AvgIpc) is 3.27. The molecule has 0 bridgehead atoms. The highest BCUT2D eigenvalue weighted by atomic mass is 19.1. The molecule has 0 atom stereocenters. The SMILES string of the molecule is O=C(Nc1ccc2c(c1)cc(C(=O)NCCN1CCOCC1)n2Cc1ccccc1)c1ccccc1F. The van der Waals surface area contributed by atoms with Crippen LogP contribution in [0, 0.1) is 5.82 Å². The van der Waals surface area contributed by atoms with Crippen LogP contribution in [-0.2, 0) is 11.3 Å². The van der Waals surface area contributed by atoms with Crippen LogP contribution in [0.25, 0.3) is 10.9 Å². The van der Waals surface area contributed by atoms with Gasteiger partial charge in [0.05, 0.1) is 18.8 Å². The van der Waals surface area contributed by atoms with Crippen LogP contribution in [0.2, 0.25) is 0 Å². The summed E-state index contributed by atoms with van der Waals surface area (Å²) in [6.45, 7) is 4.99. The number of rotatable bonds is 8. The number of nitrogens with one attached hydrogen (secondary N) is 2. The Bertz CT molecular complexity index is 1400. The Morgan fingerprint density at radius 1 is 0.892 bits per heavy atom. The topological polar surface area (TPSA) is 75.6 Å². The Kier molecular flexibility index (Phi) is 7.58. The van der Waals surface area contributed by atoms with Crippen LogP contribution in [0.1, 0.15) is 26.4 Å². The Labute approximate surface area is 214 Å². The number of fused-ring (bicyclic) bond motifs is 1. The summed E-state index contributed by atoms with van der Waals surface area (Å²) in [5.74, 6) is -1.26. The van der Waals surface area contributed by atoms with Crippen molar-refractivity contribution in [3.8, 4) is 0 Å². The van der Waals surface area contributed by atoms with E-state index in [9.17, 15) is 14.0 Å². The summed E-state index contributed by atoms with van der Waals surface area (Å²) in [4.78, 5) is 28.1. The highest BCUT2D eigenvalue weighted by Crippen LogP contribution is 2.25. The van der Waals surface area contributed by atoms with Gasteiger partial charge in [-0.2, -0.15) is 0 Å². The van der Waals surface area contributed by atoms with E-state index in [1.54, 1.807) is 24.3 Å². The van der Waals surface area contributed by atoms with Crippen LogP contribution in [0.3, 0.4) is 0 Å². The molecule has 0 saturated carbocycles. The van der Waals surface area contributed by atoms with Gasteiger partial charge in [0, 0.05) is 49.3 Å². The molecule has 3 aromatic carbocycles. The van der Waals surface area contributed by atoms with Gasteiger partial charge in [-0.15, -0.1) is 0 Å². The van der Waals surface area contributed by atoms with Crippen molar-refractivity contribution in [3.63, 3.8) is 0 Å². The first-order valence-corrected chi connectivity index (χ1v) is 12.4. The summed E-state index contributed by atoms with van der Waals surface area (Å²) in [7, 11) is 0. The number of amides is 2. The minimum absolute atomic E-state index is 0.0235. The predicted octanol–water partition coefficient (Wildman–Crippen LogP) is 4.14. The number of aromatic nitrogens is 1. The molecule has 5 rings (SSSR count). The van der Waals surface area contributed by atoms with Gasteiger partial charge in [0.1, 0.15) is 11.5 Å². The number of anilines is 1. The molecule has 2 amide bonds. The zero-order valence-corrected chi connectivity index (χ0v) is 20.5. The number of carbonyl (C=O) groups excluding carboxylic acids is 2. The summed E-state index contributed by atoms with van der Waals surface area (Å²) in [6, 6.07) is 23.1. The third-order valence-electron chi connectivity index (χ3n) is 6.51. The molecule has 8 heteroatoms. The molecule has 1 aromatic heterocycles. The lowest BCUT2D eigenvalue weighted by Gasteiger charge is -2.26. The standard InChI is InChI=1S/C29H29FN4O3/c30-25-9-5-4-8-24(25)28(35)32-23-10-11-26-22(18-23)19-27(34(26)20-21-6-2-1-3-7-21)29(36)31-12-13-33-14-16-37-17-15-33/h1-11,18-19H,12-17,20H2,(H,31,36)(H,32,35). The Morgan fingerprint density at radius 3 is 2.43 bits per heavy atom. The van der Waals surface area contributed by atoms with E-state index in [0.717, 1.165) is 49.3 Å². The van der Waals surface area contributed by atoms with Crippen molar-refractivity contribution in [2.24, 2.45) is 0 Å². The lowest BCUT2D eigenvalue weighted by molar-refractivity contribution is 0.0383. The van der Waals surface area contributed by atoms with E-state index < -0.39 is 11.7 Å². The molecule has 0 radical (unpaired) electrons. The first-order chi connectivity index (χ1) is 18.1. The largest absolute Gasteiger partial charge is 0.379 e. The van der Waals surface area contributed by atoms with E-state index in [-0.39, 0.29) is 11.5 Å². The monoisotopic (exact) mass is 500 g/mol. The van der Waals surface area contributed by atoms with Crippen molar-refractivity contribution in [3.05, 3.63) is 102 Å². The fourth-order valence-electron chi connectivity index (χ4n) is 4.56. The van der Waals surface area contributed by atoms with Crippen LogP contribution < -0.4 is 10.6 Å². The van der Waals surface area contributed by atoms with Gasteiger partial charge in [0.25, 0.3) is 11.8 Å². The summed E-state index contributed by atoms with van der Waals surface area (Å²) in [5, 5.41) is 6.63. The van der Waals surface area contributed by atoms with Gasteiger partial charge >= 0.3 is 0 Å². The third-order valence-corrected chi connectivity index (χ3v) is 6.51. The van der Waals surface area contributed by atoms with Crippen molar-refractivity contribution in [2.45, 2.75) is 6.54 Å². The maximum Gasteiger partial charge on any atom is 0.267 e. The number of ether oxygens (including phenoxy) is 1. The van der Waals surface area contributed by atoms with Crippen molar-refractivity contribution in [1.82, 2.24) is 14.8 Å². The van der Waals surface area contributed by atoms with E-state index in [4.69, 9.17) is 4.74 Å². The molecule has 1 aliphatic heterocycles. The van der Waals surface area contributed by atoms with E-state index in [1.807, 2.05) is 47.0 Å². The number of hydrogen-bond donors (Lipinski definition) is 2. The van der Waals surface area contributed by atoms with Crippen molar-refractivity contribution in [2.75, 3.05) is 44.7 Å². The maximum absolute atomic E-state index is 14.1. The molecular formula is C29H29FN4O3. The number of nitrogens with zero attached hydrogens (tertiary/aromatic N) is 2. The van der Waals surface area contributed by atoms with Gasteiger partial charge in [-0.1, -0.05) is 42.5 Å². The molecule has 1 fully saturated rings. The second-order valence-electron chi connectivity index (χ2n) is 9.02. The predicted molar refractivity (Wildman–Crippen MR) is 141 cm³/mol. The zero-order chi connectivity index (χ0) is 25.6. The highest BCUT2D eigenvalue weighted by Gasteiger charge is 2.18. The summed E-state index contributed by atoms with van der Waals surface area (Å²) in [6.07, 6.45) is 0. The van der Waals surface area contributed by atoms with Crippen LogP contribution in [0.15, 0.2) is 78.9 Å². The quantitative estimate of drug-likeness (QED) is 0.381. The third kappa shape index (κ3) is 5.87. The molecule has 0 unspecified atom stereocenters. The van der Waals surface area contributed by atoms with Crippen LogP contribution in [0.4, 0.5) is 10.1 Å². The smallest absolute Gasteiger partial charge is 0.267 e. The summed E-state index contributed by atoms with van der Waals surface area (Å²) >= 11 is 0. The van der Waals surface area contributed by atoms with E-state index in [2.05, 4.69) is 15.5 Å². The second kappa shape index (κ2) is 11.4. The zero-order valence-electron chi connectivity index (χ0n) is 20.5. The van der Waals surface area contributed by atoms with Crippen LogP contribution >= 0.6 is 0 Å².